The molecule has 0 aliphatic rings. The fraction of sp³-hybridized carbons (Fsp3) is 0.571. The van der Waals surface area contributed by atoms with E-state index < -0.39 is 5.60 Å². The minimum atomic E-state index is -0.691. The summed E-state index contributed by atoms with van der Waals surface area (Å²) in [5.74, 6) is 2.12. The highest BCUT2D eigenvalue weighted by molar-refractivity contribution is 7.98. The molecule has 0 aromatic heterocycles. The molecule has 0 spiro atoms. The van der Waals surface area contributed by atoms with Gasteiger partial charge >= 0.3 is 0 Å². The van der Waals surface area contributed by atoms with Crippen LogP contribution in [0, 0.1) is 6.92 Å². The van der Waals surface area contributed by atoms with Crippen molar-refractivity contribution in [2.75, 3.05) is 12.3 Å². The number of hydrogen-bond acceptors (Lipinski definition) is 3. The summed E-state index contributed by atoms with van der Waals surface area (Å²) in [5, 5.41) is 9.74. The smallest absolute Gasteiger partial charge is 0.0741 e. The maximum absolute atomic E-state index is 9.74. The van der Waals surface area contributed by atoms with E-state index in [4.69, 9.17) is 5.73 Å². The number of thioether (sulfide) groups is 1. The minimum Gasteiger partial charge on any atom is -0.389 e. The van der Waals surface area contributed by atoms with Crippen LogP contribution in [0.25, 0.3) is 0 Å². The first kappa shape index (κ1) is 14.6. The van der Waals surface area contributed by atoms with E-state index in [2.05, 4.69) is 31.2 Å². The molecule has 1 rings (SSSR count). The normalized spacial score (nSPS) is 14.6. The van der Waals surface area contributed by atoms with Crippen molar-refractivity contribution in [2.24, 2.45) is 5.73 Å². The van der Waals surface area contributed by atoms with E-state index in [9.17, 15) is 5.11 Å². The molecule has 3 N–H and O–H groups in total. The Morgan fingerprint density at radius 2 is 2.18 bits per heavy atom. The molecule has 0 fully saturated rings. The monoisotopic (exact) mass is 253 g/mol. The van der Waals surface area contributed by atoms with Crippen LogP contribution in [0.5, 0.6) is 0 Å². The number of aryl methyl sites for hydroxylation is 1. The lowest BCUT2D eigenvalue weighted by molar-refractivity contribution is 0.0596. The van der Waals surface area contributed by atoms with E-state index in [1.807, 2.05) is 11.8 Å². The highest BCUT2D eigenvalue weighted by atomic mass is 32.2. The molecule has 96 valence electrons. The average molecular weight is 253 g/mol. The topological polar surface area (TPSA) is 46.2 Å². The molecule has 1 aromatic rings. The SMILES string of the molecule is Cc1cccc(CSCCCC(C)(O)CN)c1. The maximum Gasteiger partial charge on any atom is 0.0741 e. The molecule has 0 heterocycles. The average Bonchev–Trinajstić information content (AvgIpc) is 2.29. The molecule has 1 atom stereocenters. The summed E-state index contributed by atoms with van der Waals surface area (Å²) in [6.07, 6.45) is 1.80. The molecule has 1 aromatic carbocycles. The van der Waals surface area contributed by atoms with Crippen LogP contribution in [-0.4, -0.2) is 23.0 Å². The lowest BCUT2D eigenvalue weighted by Gasteiger charge is -2.20. The summed E-state index contributed by atoms with van der Waals surface area (Å²) in [5.41, 5.74) is 7.47. The van der Waals surface area contributed by atoms with E-state index in [-0.39, 0.29) is 0 Å². The van der Waals surface area contributed by atoms with Crippen LogP contribution in [-0.2, 0) is 5.75 Å². The predicted molar refractivity (Wildman–Crippen MR) is 76.3 cm³/mol. The van der Waals surface area contributed by atoms with Gasteiger partial charge in [0.1, 0.15) is 0 Å². The molecule has 0 saturated carbocycles. The van der Waals surface area contributed by atoms with Crippen LogP contribution in [0.3, 0.4) is 0 Å². The van der Waals surface area contributed by atoms with Crippen LogP contribution in [0.15, 0.2) is 24.3 Å². The Kier molecular flexibility index (Phi) is 6.03. The Bertz CT molecular complexity index is 339. The zero-order valence-electron chi connectivity index (χ0n) is 10.8. The number of rotatable bonds is 7. The fourth-order valence-corrected chi connectivity index (χ4v) is 2.56. The van der Waals surface area contributed by atoms with Gasteiger partial charge in [0.05, 0.1) is 5.60 Å². The summed E-state index contributed by atoms with van der Waals surface area (Å²) >= 11 is 1.91. The summed E-state index contributed by atoms with van der Waals surface area (Å²) < 4.78 is 0. The second-order valence-electron chi connectivity index (χ2n) is 4.85. The third-order valence-corrected chi connectivity index (χ3v) is 3.91. The highest BCUT2D eigenvalue weighted by Gasteiger charge is 2.16. The Morgan fingerprint density at radius 1 is 1.41 bits per heavy atom. The van der Waals surface area contributed by atoms with E-state index >= 15 is 0 Å². The van der Waals surface area contributed by atoms with Crippen molar-refractivity contribution in [3.63, 3.8) is 0 Å². The van der Waals surface area contributed by atoms with Gasteiger partial charge < -0.3 is 10.8 Å². The molecule has 0 saturated heterocycles. The molecule has 0 aliphatic carbocycles. The van der Waals surface area contributed by atoms with Crippen LogP contribution < -0.4 is 5.73 Å². The lowest BCUT2D eigenvalue weighted by atomic mass is 10.0. The largest absolute Gasteiger partial charge is 0.389 e. The van der Waals surface area contributed by atoms with Crippen LogP contribution in [0.1, 0.15) is 30.9 Å². The first-order valence-corrected chi connectivity index (χ1v) is 7.25. The fourth-order valence-electron chi connectivity index (χ4n) is 1.65. The van der Waals surface area contributed by atoms with Crippen molar-refractivity contribution < 1.29 is 5.11 Å². The lowest BCUT2D eigenvalue weighted by Crippen LogP contribution is -2.34. The summed E-state index contributed by atoms with van der Waals surface area (Å²) in [6.45, 7) is 4.26. The van der Waals surface area contributed by atoms with Crippen molar-refractivity contribution in [2.45, 2.75) is 38.0 Å². The molecule has 0 radical (unpaired) electrons. The molecular weight excluding hydrogens is 230 g/mol. The second-order valence-corrected chi connectivity index (χ2v) is 5.95. The Morgan fingerprint density at radius 3 is 2.82 bits per heavy atom. The van der Waals surface area contributed by atoms with Crippen molar-refractivity contribution in [3.05, 3.63) is 35.4 Å². The number of nitrogens with two attached hydrogens (primary N) is 1. The van der Waals surface area contributed by atoms with E-state index in [0.29, 0.717) is 6.54 Å². The number of hydrogen-bond donors (Lipinski definition) is 2. The highest BCUT2D eigenvalue weighted by Crippen LogP contribution is 2.17. The molecule has 17 heavy (non-hydrogen) atoms. The van der Waals surface area contributed by atoms with Gasteiger partial charge in [0.25, 0.3) is 0 Å². The number of aliphatic hydroxyl groups is 1. The zero-order chi connectivity index (χ0) is 12.7. The van der Waals surface area contributed by atoms with Crippen LogP contribution >= 0.6 is 11.8 Å². The van der Waals surface area contributed by atoms with Crippen molar-refractivity contribution in [1.29, 1.82) is 0 Å². The van der Waals surface area contributed by atoms with Crippen molar-refractivity contribution >= 4 is 11.8 Å². The van der Waals surface area contributed by atoms with Crippen molar-refractivity contribution in [3.8, 4) is 0 Å². The Hall–Kier alpha value is -0.510. The molecular formula is C14H23NOS. The second kappa shape index (κ2) is 7.04. The van der Waals surface area contributed by atoms with Crippen molar-refractivity contribution in [1.82, 2.24) is 0 Å². The first-order chi connectivity index (χ1) is 8.03. The standard InChI is InChI=1S/C14H23NOS/c1-12-5-3-6-13(9-12)10-17-8-4-7-14(2,16)11-15/h3,5-6,9,16H,4,7-8,10-11,15H2,1-2H3. The van der Waals surface area contributed by atoms with Gasteiger partial charge in [0.2, 0.25) is 0 Å². The Labute approximate surface area is 109 Å². The van der Waals surface area contributed by atoms with Gasteiger partial charge in [-0.25, -0.2) is 0 Å². The van der Waals surface area contributed by atoms with E-state index in [1.165, 1.54) is 11.1 Å². The van der Waals surface area contributed by atoms with Gasteiger partial charge in [-0.1, -0.05) is 29.8 Å². The van der Waals surface area contributed by atoms with Gasteiger partial charge in [-0.05, 0) is 38.0 Å². The number of benzene rings is 1. The van der Waals surface area contributed by atoms with E-state index in [1.54, 1.807) is 6.92 Å². The van der Waals surface area contributed by atoms with Gasteiger partial charge in [0, 0.05) is 12.3 Å². The molecule has 0 aliphatic heterocycles. The molecule has 1 unspecified atom stereocenters. The third kappa shape index (κ3) is 6.10. The maximum atomic E-state index is 9.74. The summed E-state index contributed by atoms with van der Waals surface area (Å²) in [4.78, 5) is 0. The zero-order valence-corrected chi connectivity index (χ0v) is 11.6. The molecule has 0 amide bonds. The molecule has 2 nitrogen and oxygen atoms in total. The van der Waals surface area contributed by atoms with Gasteiger partial charge in [0.15, 0.2) is 0 Å². The van der Waals surface area contributed by atoms with Gasteiger partial charge in [-0.15, -0.1) is 0 Å². The summed E-state index contributed by atoms with van der Waals surface area (Å²) in [7, 11) is 0. The minimum absolute atomic E-state index is 0.343. The van der Waals surface area contributed by atoms with Crippen LogP contribution in [0.4, 0.5) is 0 Å². The van der Waals surface area contributed by atoms with Crippen LogP contribution in [0.2, 0.25) is 0 Å². The predicted octanol–water partition coefficient (Wildman–Crippen LogP) is 2.72. The van der Waals surface area contributed by atoms with Gasteiger partial charge in [-0.3, -0.25) is 0 Å². The Balaban J connectivity index is 2.17. The molecule has 3 heteroatoms. The third-order valence-electron chi connectivity index (χ3n) is 2.79. The quantitative estimate of drug-likeness (QED) is 0.735. The molecule has 0 bridgehead atoms. The first-order valence-electron chi connectivity index (χ1n) is 6.09. The van der Waals surface area contributed by atoms with Gasteiger partial charge in [-0.2, -0.15) is 11.8 Å². The van der Waals surface area contributed by atoms with E-state index in [0.717, 1.165) is 24.3 Å². The summed E-state index contributed by atoms with van der Waals surface area (Å²) in [6, 6.07) is 8.61.